The fourth-order valence-corrected chi connectivity index (χ4v) is 2.92. The fourth-order valence-electron chi connectivity index (χ4n) is 2.92. The van der Waals surface area contributed by atoms with Gasteiger partial charge in [-0.1, -0.05) is 50.2 Å². The van der Waals surface area contributed by atoms with E-state index in [9.17, 15) is 0 Å². The quantitative estimate of drug-likeness (QED) is 0.861. The molecule has 20 heavy (non-hydrogen) atoms. The zero-order chi connectivity index (χ0) is 14.5. The molecule has 0 saturated heterocycles. The number of fused-ring (bicyclic) bond motifs is 1. The van der Waals surface area contributed by atoms with E-state index >= 15 is 0 Å². The second-order valence-electron chi connectivity index (χ2n) is 5.62. The van der Waals surface area contributed by atoms with Gasteiger partial charge in [-0.15, -0.1) is 0 Å². The maximum Gasteiger partial charge on any atom is 0.0424 e. The molecule has 2 N–H and O–H groups in total. The van der Waals surface area contributed by atoms with Gasteiger partial charge in [-0.3, -0.25) is 0 Å². The van der Waals surface area contributed by atoms with Gasteiger partial charge >= 0.3 is 0 Å². The first kappa shape index (κ1) is 15.0. The summed E-state index contributed by atoms with van der Waals surface area (Å²) in [5.74, 6) is 0. The molecule has 2 rings (SSSR count). The Labute approximate surface area is 122 Å². The SMILES string of the molecule is CCC(CC)N(C)CC(N)c1ccc2ccccc2c1. The van der Waals surface area contributed by atoms with Crippen LogP contribution >= 0.6 is 0 Å². The third kappa shape index (κ3) is 3.38. The lowest BCUT2D eigenvalue weighted by Crippen LogP contribution is -2.36. The van der Waals surface area contributed by atoms with Crippen molar-refractivity contribution >= 4 is 10.8 Å². The maximum atomic E-state index is 6.39. The van der Waals surface area contributed by atoms with Gasteiger partial charge in [0, 0.05) is 18.6 Å². The summed E-state index contributed by atoms with van der Waals surface area (Å²) >= 11 is 0. The minimum Gasteiger partial charge on any atom is -0.323 e. The van der Waals surface area contributed by atoms with Gasteiger partial charge in [0.05, 0.1) is 0 Å². The third-order valence-corrected chi connectivity index (χ3v) is 4.25. The second-order valence-corrected chi connectivity index (χ2v) is 5.62. The Bertz CT molecular complexity index is 546. The van der Waals surface area contributed by atoms with Crippen LogP contribution in [0, 0.1) is 0 Å². The molecule has 1 atom stereocenters. The van der Waals surface area contributed by atoms with E-state index in [1.807, 2.05) is 0 Å². The van der Waals surface area contributed by atoms with Crippen molar-refractivity contribution in [1.82, 2.24) is 4.90 Å². The minimum absolute atomic E-state index is 0.0743. The van der Waals surface area contributed by atoms with E-state index in [0.29, 0.717) is 6.04 Å². The van der Waals surface area contributed by atoms with Crippen LogP contribution in [0.4, 0.5) is 0 Å². The highest BCUT2D eigenvalue weighted by molar-refractivity contribution is 5.83. The normalized spacial score (nSPS) is 13.3. The maximum absolute atomic E-state index is 6.39. The summed E-state index contributed by atoms with van der Waals surface area (Å²) < 4.78 is 0. The molecule has 0 spiro atoms. The molecule has 0 amide bonds. The first-order valence-corrected chi connectivity index (χ1v) is 7.60. The Balaban J connectivity index is 2.12. The molecule has 0 aliphatic rings. The molecule has 2 heteroatoms. The van der Waals surface area contributed by atoms with Crippen molar-refractivity contribution in [1.29, 1.82) is 0 Å². The summed E-state index contributed by atoms with van der Waals surface area (Å²) in [7, 11) is 2.18. The monoisotopic (exact) mass is 270 g/mol. The molecule has 0 saturated carbocycles. The largest absolute Gasteiger partial charge is 0.323 e. The van der Waals surface area contributed by atoms with Crippen molar-refractivity contribution in [3.63, 3.8) is 0 Å². The number of likely N-dealkylation sites (N-methyl/N-ethyl adjacent to an activating group) is 1. The first-order chi connectivity index (χ1) is 9.65. The highest BCUT2D eigenvalue weighted by Gasteiger charge is 2.15. The Morgan fingerprint density at radius 3 is 2.30 bits per heavy atom. The van der Waals surface area contributed by atoms with E-state index in [1.165, 1.54) is 29.2 Å². The summed E-state index contributed by atoms with van der Waals surface area (Å²) in [5, 5.41) is 2.54. The van der Waals surface area contributed by atoms with Gasteiger partial charge in [-0.2, -0.15) is 0 Å². The highest BCUT2D eigenvalue weighted by Crippen LogP contribution is 2.20. The molecule has 1 unspecified atom stereocenters. The lowest BCUT2D eigenvalue weighted by atomic mass is 10.0. The lowest BCUT2D eigenvalue weighted by molar-refractivity contribution is 0.217. The van der Waals surface area contributed by atoms with Crippen LogP contribution < -0.4 is 5.73 Å². The smallest absolute Gasteiger partial charge is 0.0424 e. The second kappa shape index (κ2) is 6.87. The molecule has 108 valence electrons. The molecule has 0 bridgehead atoms. The molecular weight excluding hydrogens is 244 g/mol. The molecule has 0 aliphatic carbocycles. The molecule has 0 heterocycles. The molecule has 0 fully saturated rings. The summed E-state index contributed by atoms with van der Waals surface area (Å²) in [6.45, 7) is 5.39. The van der Waals surface area contributed by atoms with Gasteiger partial charge in [0.2, 0.25) is 0 Å². The molecule has 0 aliphatic heterocycles. The zero-order valence-electron chi connectivity index (χ0n) is 12.8. The Morgan fingerprint density at radius 2 is 1.65 bits per heavy atom. The van der Waals surface area contributed by atoms with Crippen molar-refractivity contribution < 1.29 is 0 Å². The van der Waals surface area contributed by atoms with Crippen LogP contribution in [0.1, 0.15) is 38.3 Å². The number of nitrogens with two attached hydrogens (primary N) is 1. The molecular formula is C18H26N2. The molecule has 2 nitrogen and oxygen atoms in total. The van der Waals surface area contributed by atoms with Crippen molar-refractivity contribution in [2.24, 2.45) is 5.73 Å². The predicted molar refractivity (Wildman–Crippen MR) is 87.9 cm³/mol. The van der Waals surface area contributed by atoms with E-state index in [1.54, 1.807) is 0 Å². The van der Waals surface area contributed by atoms with Crippen molar-refractivity contribution in [2.45, 2.75) is 38.8 Å². The van der Waals surface area contributed by atoms with E-state index in [0.717, 1.165) is 6.54 Å². The first-order valence-electron chi connectivity index (χ1n) is 7.60. The van der Waals surface area contributed by atoms with Crippen LogP contribution in [0.5, 0.6) is 0 Å². The van der Waals surface area contributed by atoms with E-state index < -0.39 is 0 Å². The van der Waals surface area contributed by atoms with Crippen LogP contribution in [0.3, 0.4) is 0 Å². The predicted octanol–water partition coefficient (Wildman–Crippen LogP) is 3.96. The van der Waals surface area contributed by atoms with E-state index in [2.05, 4.69) is 68.3 Å². The molecule has 0 radical (unpaired) electrons. The number of hydrogen-bond donors (Lipinski definition) is 1. The summed E-state index contributed by atoms with van der Waals surface area (Å²) in [5.41, 5.74) is 7.62. The Hall–Kier alpha value is -1.38. The van der Waals surface area contributed by atoms with Gasteiger partial charge in [0.15, 0.2) is 0 Å². The van der Waals surface area contributed by atoms with Crippen LogP contribution in [0.15, 0.2) is 42.5 Å². The van der Waals surface area contributed by atoms with Gasteiger partial charge < -0.3 is 10.6 Å². The van der Waals surface area contributed by atoms with Crippen molar-refractivity contribution in [3.8, 4) is 0 Å². The highest BCUT2D eigenvalue weighted by atomic mass is 15.1. The molecule has 2 aromatic carbocycles. The minimum atomic E-state index is 0.0743. The molecule has 2 aromatic rings. The van der Waals surface area contributed by atoms with Gasteiger partial charge in [0.1, 0.15) is 0 Å². The van der Waals surface area contributed by atoms with Crippen molar-refractivity contribution in [3.05, 3.63) is 48.0 Å². The number of rotatable bonds is 6. The van der Waals surface area contributed by atoms with Gasteiger partial charge in [0.25, 0.3) is 0 Å². The average molecular weight is 270 g/mol. The molecule has 0 aromatic heterocycles. The standard InChI is InChI=1S/C18H26N2/c1-4-17(5-2)20(3)13-18(19)16-11-10-14-8-6-7-9-15(14)12-16/h6-12,17-18H,4-5,13,19H2,1-3H3. The summed E-state index contributed by atoms with van der Waals surface area (Å²) in [4.78, 5) is 2.39. The summed E-state index contributed by atoms with van der Waals surface area (Å²) in [6, 6.07) is 15.7. The average Bonchev–Trinajstić information content (AvgIpc) is 2.48. The van der Waals surface area contributed by atoms with Crippen LogP contribution in [0.25, 0.3) is 10.8 Å². The number of benzene rings is 2. The Morgan fingerprint density at radius 1 is 1.00 bits per heavy atom. The zero-order valence-corrected chi connectivity index (χ0v) is 12.8. The van der Waals surface area contributed by atoms with Crippen molar-refractivity contribution in [2.75, 3.05) is 13.6 Å². The summed E-state index contributed by atoms with van der Waals surface area (Å²) in [6.07, 6.45) is 2.36. The number of nitrogens with zero attached hydrogens (tertiary/aromatic N) is 1. The fraction of sp³-hybridized carbons (Fsp3) is 0.444. The van der Waals surface area contributed by atoms with Crippen LogP contribution in [0.2, 0.25) is 0 Å². The van der Waals surface area contributed by atoms with Crippen LogP contribution in [-0.2, 0) is 0 Å². The topological polar surface area (TPSA) is 29.3 Å². The van der Waals surface area contributed by atoms with E-state index in [4.69, 9.17) is 5.73 Å². The van der Waals surface area contributed by atoms with Gasteiger partial charge in [-0.25, -0.2) is 0 Å². The Kier molecular flexibility index (Phi) is 5.16. The lowest BCUT2D eigenvalue weighted by Gasteiger charge is -2.28. The van der Waals surface area contributed by atoms with Crippen LogP contribution in [-0.4, -0.2) is 24.5 Å². The van der Waals surface area contributed by atoms with Gasteiger partial charge in [-0.05, 0) is 42.3 Å². The third-order valence-electron chi connectivity index (χ3n) is 4.25. The number of hydrogen-bond acceptors (Lipinski definition) is 2. The van der Waals surface area contributed by atoms with E-state index in [-0.39, 0.29) is 6.04 Å².